The Kier molecular flexibility index (Phi) is 27.8. The van der Waals surface area contributed by atoms with Crippen LogP contribution in [0.1, 0.15) is 120 Å². The number of aliphatic hydroxyl groups is 20. The van der Waals surface area contributed by atoms with E-state index in [-0.39, 0.29) is 24.7 Å². The van der Waals surface area contributed by atoms with Crippen molar-refractivity contribution in [2.75, 3.05) is 59.5 Å². The van der Waals surface area contributed by atoms with Crippen LogP contribution in [-0.2, 0) is 94.9 Å². The Morgan fingerprint density at radius 2 is 1.04 bits per heavy atom. The summed E-state index contributed by atoms with van der Waals surface area (Å²) in [5.74, 6) is -3.46. The fourth-order valence-corrected chi connectivity index (χ4v) is 21.7. The third-order valence-corrected chi connectivity index (χ3v) is 28.7. The standard InChI is InChI=1S/C77H123NO40/c1-29(81)78-44-49(92)58(115-67-53(96)50(93)47(90)37(20-79)109-67)39(26-107-63-54(97)56(35(85)23-103-63)113-64-51(94)45(88)33(83)21-104-64)111-62(44)112-43-13-14-73(7)40(72(43,5)6)12-15-74(8)41(73)11-10-31-32-18-71(3,4)16-17-77(32,42(87)19-75(31,74)9)70(100)118-68-60(117-66-55(98)57(36(86)24-106-66)114-69-61(99)76(101,27-80)28-108-69)59(48(91)38(110-68)25-102-30(2)82)116-65-52(95)46(89)34(84)22-105-65/h10,32-69,79-80,83-99,101H,11-28H2,1-9H3,(H,78,81)/t32-,33-,34+,35-,36+,37+,38+,39+,40-,41+,42+,43-,44+,45-,46-,47+,48+,49+,50-,51+,52+,53+,54+,55+,56-,57-,58+,59-,60+,61-,62-,63-,64-,65-,66-,67-,68-,69-,73-,74+,75+,76+,77+/m0/s1. The van der Waals surface area contributed by atoms with Gasteiger partial charge in [0, 0.05) is 13.8 Å². The van der Waals surface area contributed by atoms with Crippen LogP contribution in [0.2, 0.25) is 0 Å². The summed E-state index contributed by atoms with van der Waals surface area (Å²) in [6, 6.07) is -1.47. The fourth-order valence-electron chi connectivity index (χ4n) is 21.7. The minimum absolute atomic E-state index is 0.0288. The maximum Gasteiger partial charge on any atom is 0.317 e. The van der Waals surface area contributed by atoms with E-state index in [1.165, 1.54) is 6.92 Å². The van der Waals surface area contributed by atoms with Gasteiger partial charge in [-0.3, -0.25) is 14.4 Å². The highest BCUT2D eigenvalue weighted by Gasteiger charge is 2.73. The van der Waals surface area contributed by atoms with E-state index in [0.717, 1.165) is 12.5 Å². The number of amides is 1. The normalized spacial score (nSPS) is 52.0. The highest BCUT2D eigenvalue weighted by atomic mass is 16.8. The summed E-state index contributed by atoms with van der Waals surface area (Å²) in [7, 11) is 0. The first kappa shape index (κ1) is 92.4. The molecule has 0 bridgehead atoms. The van der Waals surface area contributed by atoms with Crippen LogP contribution in [-0.4, -0.2) is 400 Å². The molecular weight excluding hydrogens is 1580 g/mol. The molecule has 0 radical (unpaired) electrons. The lowest BCUT2D eigenvalue weighted by atomic mass is 9.33. The summed E-state index contributed by atoms with van der Waals surface area (Å²) >= 11 is 0. The fraction of sp³-hybridized carbons (Fsp3) is 0.935. The molecular formula is C77H123NO40. The summed E-state index contributed by atoms with van der Waals surface area (Å²) in [5, 5.41) is 225. The summed E-state index contributed by atoms with van der Waals surface area (Å²) in [6.07, 6.45) is -54.0. The van der Waals surface area contributed by atoms with Crippen LogP contribution in [0, 0.1) is 50.2 Å². The van der Waals surface area contributed by atoms with Gasteiger partial charge < -0.3 is 188 Å². The minimum atomic E-state index is -2.20. The van der Waals surface area contributed by atoms with Gasteiger partial charge in [-0.2, -0.15) is 0 Å². The number of rotatable bonds is 22. The van der Waals surface area contributed by atoms with Gasteiger partial charge in [0.2, 0.25) is 12.2 Å². The average Bonchev–Trinajstić information content (AvgIpc) is 0.721. The maximum atomic E-state index is 16.3. The summed E-state index contributed by atoms with van der Waals surface area (Å²) in [5.41, 5.74) is -6.22. The second-order valence-electron chi connectivity index (χ2n) is 36.9. The van der Waals surface area contributed by atoms with Crippen LogP contribution < -0.4 is 5.32 Å². The molecule has 13 aliphatic rings. The number of allylic oxidation sites excluding steroid dienone is 2. The quantitative estimate of drug-likeness (QED) is 0.0272. The zero-order valence-corrected chi connectivity index (χ0v) is 67.4. The predicted octanol–water partition coefficient (Wildman–Crippen LogP) is -7.86. The van der Waals surface area contributed by atoms with Crippen molar-refractivity contribution in [1.82, 2.24) is 5.32 Å². The molecule has 21 N–H and O–H groups in total. The number of nitrogens with one attached hydrogen (secondary N) is 1. The largest absolute Gasteiger partial charge is 0.463 e. The second-order valence-corrected chi connectivity index (χ2v) is 36.9. The van der Waals surface area contributed by atoms with Crippen LogP contribution in [0.4, 0.5) is 0 Å². The SMILES string of the molecule is CC(=O)N[C@H]1[C@H](O[C@H]2CC[C@]3(C)[C@H]4CC=C5[C@@H]6CC(C)(C)CC[C@]6(C(=O)O[C@@H]6O[C@H](COC(C)=O)[C@@H](O)[C@H](O[C@@H]7OC[C@@H](O)[C@H](O)[C@H]7O)[C@H]6O[C@@H]6OC[C@@H](O)[C@H](O[C@@H]7OC[C@](O)(CO)[C@H]7O)[C@H]6O)[C@H](O)C[C@@]5(C)[C@]4(C)CC[C@H]3C2(C)C)O[C@H](CO[C@@H]2OC[C@H](O)[C@H](O[C@@H]3OC[C@H](O)[C@H](O)[C@H]3O)[C@H]2O)[C@@H](O[C@@H]2O[C@H](CO)[C@@H](O)[C@H](O)[C@H]2O)[C@@H]1O. The summed E-state index contributed by atoms with van der Waals surface area (Å²) in [6.45, 7) is 11.0. The second kappa shape index (κ2) is 35.5. The van der Waals surface area contributed by atoms with Crippen LogP contribution in [0.25, 0.3) is 0 Å². The summed E-state index contributed by atoms with van der Waals surface area (Å²) < 4.78 is 103. The Morgan fingerprint density at radius 1 is 0.492 bits per heavy atom. The van der Waals surface area contributed by atoms with Gasteiger partial charge in [0.15, 0.2) is 50.1 Å². The van der Waals surface area contributed by atoms with Crippen LogP contribution in [0.15, 0.2) is 11.6 Å². The molecule has 4 saturated carbocycles. The van der Waals surface area contributed by atoms with Crippen LogP contribution in [0.3, 0.4) is 0 Å². The topological polar surface area (TPSA) is 625 Å². The number of hydrogen-bond acceptors (Lipinski definition) is 40. The molecule has 5 aliphatic carbocycles. The van der Waals surface area contributed by atoms with Crippen molar-refractivity contribution in [3.8, 4) is 0 Å². The number of carbonyl (C=O) groups excluding carboxylic acids is 3. The molecule has 41 nitrogen and oxygen atoms in total. The van der Waals surface area contributed by atoms with Gasteiger partial charge in [-0.05, 0) is 103 Å². The van der Waals surface area contributed by atoms with Gasteiger partial charge in [0.05, 0.1) is 65.1 Å². The van der Waals surface area contributed by atoms with E-state index >= 15 is 4.79 Å². The number of hydrogen-bond donors (Lipinski definition) is 21. The molecule has 41 heteroatoms. The van der Waals surface area contributed by atoms with E-state index in [2.05, 4.69) is 59.9 Å². The van der Waals surface area contributed by atoms with Crippen molar-refractivity contribution >= 4 is 17.8 Å². The van der Waals surface area contributed by atoms with E-state index in [9.17, 15) is 112 Å². The Morgan fingerprint density at radius 3 is 1.64 bits per heavy atom. The molecule has 0 aromatic carbocycles. The molecule has 43 atom stereocenters. The van der Waals surface area contributed by atoms with E-state index in [0.29, 0.717) is 44.9 Å². The lowest BCUT2D eigenvalue weighted by Crippen LogP contribution is -2.69. The Labute approximate surface area is 680 Å². The Balaban J connectivity index is 0.774. The van der Waals surface area contributed by atoms with Crippen molar-refractivity contribution in [3.63, 3.8) is 0 Å². The maximum absolute atomic E-state index is 16.3. The zero-order chi connectivity index (χ0) is 85.9. The van der Waals surface area contributed by atoms with Crippen molar-refractivity contribution in [2.24, 2.45) is 50.2 Å². The number of fused-ring (bicyclic) bond motifs is 7. The number of carbonyl (C=O) groups is 3. The van der Waals surface area contributed by atoms with Crippen LogP contribution >= 0.6 is 0 Å². The Hall–Kier alpha value is -3.25. The van der Waals surface area contributed by atoms with Gasteiger partial charge in [0.1, 0.15) is 164 Å². The monoisotopic (exact) mass is 1700 g/mol. The van der Waals surface area contributed by atoms with Gasteiger partial charge in [-0.25, -0.2) is 0 Å². The minimum Gasteiger partial charge on any atom is -0.463 e. The van der Waals surface area contributed by atoms with Gasteiger partial charge in [-0.1, -0.05) is 60.1 Å². The molecule has 8 saturated heterocycles. The number of esters is 2. The summed E-state index contributed by atoms with van der Waals surface area (Å²) in [4.78, 5) is 42.1. The molecule has 0 unspecified atom stereocenters. The van der Waals surface area contributed by atoms with Crippen LogP contribution in [0.5, 0.6) is 0 Å². The van der Waals surface area contributed by atoms with E-state index in [1.807, 2.05) is 0 Å². The lowest BCUT2D eigenvalue weighted by molar-refractivity contribution is -0.381. The van der Waals surface area contributed by atoms with Crippen molar-refractivity contribution in [2.45, 2.75) is 341 Å². The molecule has 13 rings (SSSR count). The highest BCUT2D eigenvalue weighted by molar-refractivity contribution is 5.80. The van der Waals surface area contributed by atoms with Gasteiger partial charge in [-0.15, -0.1) is 0 Å². The van der Waals surface area contributed by atoms with Gasteiger partial charge in [0.25, 0.3) is 0 Å². The van der Waals surface area contributed by atoms with E-state index < -0.39 is 336 Å². The first-order chi connectivity index (χ1) is 55.4. The first-order valence-corrected chi connectivity index (χ1v) is 40.8. The zero-order valence-electron chi connectivity index (χ0n) is 67.4. The molecule has 1 amide bonds. The molecule has 12 fully saturated rings. The van der Waals surface area contributed by atoms with E-state index in [1.54, 1.807) is 0 Å². The first-order valence-electron chi connectivity index (χ1n) is 40.8. The molecule has 676 valence electrons. The van der Waals surface area contributed by atoms with Gasteiger partial charge >= 0.3 is 11.9 Å². The molecule has 118 heavy (non-hydrogen) atoms. The third kappa shape index (κ3) is 16.9. The number of ether oxygens (including phenoxy) is 17. The van der Waals surface area contributed by atoms with Crippen molar-refractivity contribution in [3.05, 3.63) is 11.6 Å². The predicted molar refractivity (Wildman–Crippen MR) is 386 cm³/mol. The molecule has 0 spiro atoms. The molecule has 0 aromatic rings. The third-order valence-electron chi connectivity index (χ3n) is 28.7. The smallest absolute Gasteiger partial charge is 0.317 e. The molecule has 8 heterocycles. The highest BCUT2D eigenvalue weighted by Crippen LogP contribution is 2.76. The van der Waals surface area contributed by atoms with Crippen molar-refractivity contribution in [1.29, 1.82) is 0 Å². The molecule has 0 aromatic heterocycles. The van der Waals surface area contributed by atoms with Crippen molar-refractivity contribution < 1.29 is 197 Å². The Bertz CT molecular complexity index is 3480. The lowest BCUT2D eigenvalue weighted by Gasteiger charge is -2.72. The van der Waals surface area contributed by atoms with E-state index in [4.69, 9.17) is 80.5 Å². The average molecular weight is 1700 g/mol. The molecule has 8 aliphatic heterocycles. The number of aliphatic hydroxyl groups excluding tert-OH is 19.